The number of aliphatic hydroxyl groups excluding tert-OH is 1. The largest absolute Gasteiger partial charge is 0.382 e. The number of nitriles is 2. The van der Waals surface area contributed by atoms with Crippen molar-refractivity contribution in [2.75, 3.05) is 0 Å². The van der Waals surface area contributed by atoms with E-state index in [2.05, 4.69) is 5.10 Å². The fourth-order valence-corrected chi connectivity index (χ4v) is 3.53. The third kappa shape index (κ3) is 2.50. The van der Waals surface area contributed by atoms with Crippen LogP contribution in [0.4, 0.5) is 8.78 Å². The number of aliphatic hydroxyl groups is 1. The Morgan fingerprint density at radius 3 is 2.44 bits per heavy atom. The summed E-state index contributed by atoms with van der Waals surface area (Å²) in [6, 6.07) is 10.1. The average molecular weight is 365 g/mol. The van der Waals surface area contributed by atoms with Crippen molar-refractivity contribution >= 4 is 0 Å². The molecule has 0 fully saturated rings. The highest BCUT2D eigenvalue weighted by molar-refractivity contribution is 5.69. The number of rotatable bonds is 2. The Kier molecular flexibility index (Phi) is 3.62. The van der Waals surface area contributed by atoms with Gasteiger partial charge in [-0.25, -0.2) is 8.78 Å². The molecular formula is C19H13F2N5O. The van der Waals surface area contributed by atoms with Crippen LogP contribution in [-0.2, 0) is 13.5 Å². The summed E-state index contributed by atoms with van der Waals surface area (Å²) < 4.78 is 31.6. The van der Waals surface area contributed by atoms with Crippen LogP contribution in [-0.4, -0.2) is 25.4 Å². The van der Waals surface area contributed by atoms with E-state index in [9.17, 15) is 24.4 Å². The Bertz CT molecular complexity index is 1110. The molecule has 1 aromatic carbocycles. The summed E-state index contributed by atoms with van der Waals surface area (Å²) >= 11 is 0. The number of aromatic nitrogens is 3. The zero-order valence-electron chi connectivity index (χ0n) is 14.2. The molecule has 4 rings (SSSR count). The van der Waals surface area contributed by atoms with Gasteiger partial charge >= 0.3 is 0 Å². The van der Waals surface area contributed by atoms with E-state index in [0.29, 0.717) is 16.9 Å². The van der Waals surface area contributed by atoms with Gasteiger partial charge in [0.05, 0.1) is 35.4 Å². The molecule has 2 heterocycles. The summed E-state index contributed by atoms with van der Waals surface area (Å²) in [4.78, 5) is 0. The number of fused-ring (bicyclic) bond motifs is 1. The van der Waals surface area contributed by atoms with Crippen LogP contribution in [0.3, 0.4) is 0 Å². The van der Waals surface area contributed by atoms with E-state index in [0.717, 1.165) is 0 Å². The Hall–Kier alpha value is -3.49. The molecule has 0 saturated heterocycles. The number of alkyl halides is 2. The van der Waals surface area contributed by atoms with Crippen LogP contribution in [0.1, 0.15) is 28.5 Å². The summed E-state index contributed by atoms with van der Waals surface area (Å²) in [5.41, 5.74) is 2.33. The molecule has 134 valence electrons. The van der Waals surface area contributed by atoms with E-state index in [1.54, 1.807) is 25.5 Å². The lowest BCUT2D eigenvalue weighted by atomic mass is 10.1. The minimum atomic E-state index is -3.30. The maximum atomic E-state index is 14.3. The Morgan fingerprint density at radius 2 is 1.89 bits per heavy atom. The predicted molar refractivity (Wildman–Crippen MR) is 91.0 cm³/mol. The van der Waals surface area contributed by atoms with Crippen LogP contribution in [0.15, 0.2) is 36.7 Å². The molecule has 2 aromatic heterocycles. The second-order valence-corrected chi connectivity index (χ2v) is 6.45. The Balaban J connectivity index is 2.00. The summed E-state index contributed by atoms with van der Waals surface area (Å²) in [5.74, 6) is -3.30. The molecule has 0 amide bonds. The first-order valence-electron chi connectivity index (χ1n) is 8.10. The van der Waals surface area contributed by atoms with Crippen LogP contribution in [0.25, 0.3) is 16.9 Å². The van der Waals surface area contributed by atoms with Gasteiger partial charge in [-0.3, -0.25) is 4.68 Å². The van der Waals surface area contributed by atoms with Crippen LogP contribution in [0.5, 0.6) is 0 Å². The van der Waals surface area contributed by atoms with Crippen LogP contribution in [0.2, 0.25) is 0 Å². The highest BCUT2D eigenvalue weighted by atomic mass is 19.3. The molecule has 1 N–H and O–H groups in total. The van der Waals surface area contributed by atoms with Gasteiger partial charge in [-0.15, -0.1) is 0 Å². The van der Waals surface area contributed by atoms with Crippen molar-refractivity contribution in [1.82, 2.24) is 14.3 Å². The zero-order chi connectivity index (χ0) is 19.3. The monoisotopic (exact) mass is 365 g/mol. The predicted octanol–water partition coefficient (Wildman–Crippen LogP) is 2.85. The molecule has 8 heteroatoms. The third-order valence-electron chi connectivity index (χ3n) is 4.78. The van der Waals surface area contributed by atoms with Gasteiger partial charge in [0.2, 0.25) is 0 Å². The fraction of sp³-hybridized carbons (Fsp3) is 0.211. The number of aryl methyl sites for hydroxylation is 1. The van der Waals surface area contributed by atoms with Gasteiger partial charge in [0, 0.05) is 41.9 Å². The van der Waals surface area contributed by atoms with Crippen molar-refractivity contribution in [1.29, 1.82) is 10.5 Å². The molecule has 27 heavy (non-hydrogen) atoms. The number of nitrogens with zero attached hydrogens (tertiary/aromatic N) is 5. The first-order valence-corrected chi connectivity index (χ1v) is 8.10. The normalized spacial score (nSPS) is 17.3. The lowest BCUT2D eigenvalue weighted by Gasteiger charge is -2.15. The van der Waals surface area contributed by atoms with Crippen LogP contribution in [0, 0.1) is 22.7 Å². The molecule has 1 atom stereocenters. The topological polar surface area (TPSA) is 90.6 Å². The van der Waals surface area contributed by atoms with E-state index >= 15 is 0 Å². The summed E-state index contributed by atoms with van der Waals surface area (Å²) in [6.45, 7) is 0. The van der Waals surface area contributed by atoms with Gasteiger partial charge in [-0.1, -0.05) is 0 Å². The number of hydrogen-bond donors (Lipinski definition) is 1. The van der Waals surface area contributed by atoms with Crippen molar-refractivity contribution in [3.8, 4) is 29.1 Å². The lowest BCUT2D eigenvalue weighted by molar-refractivity contribution is -0.0970. The highest BCUT2D eigenvalue weighted by Gasteiger charge is 2.50. The molecule has 1 unspecified atom stereocenters. The first kappa shape index (κ1) is 17.0. The van der Waals surface area contributed by atoms with Crippen molar-refractivity contribution in [2.24, 2.45) is 7.05 Å². The SMILES string of the molecule is Cn1nccc1-c1cn(-c2cc(C#N)cc(C#N)c2)c2c1C(O)C(F)(F)C2. The van der Waals surface area contributed by atoms with E-state index in [1.807, 2.05) is 12.1 Å². The lowest BCUT2D eigenvalue weighted by Crippen LogP contribution is -2.22. The van der Waals surface area contributed by atoms with E-state index < -0.39 is 18.4 Å². The molecule has 0 spiro atoms. The Morgan fingerprint density at radius 1 is 1.22 bits per heavy atom. The van der Waals surface area contributed by atoms with Crippen molar-refractivity contribution < 1.29 is 13.9 Å². The number of halogens is 2. The molecule has 3 aromatic rings. The quantitative estimate of drug-likeness (QED) is 0.756. The van der Waals surface area contributed by atoms with Crippen molar-refractivity contribution in [3.05, 3.63) is 59.0 Å². The fourth-order valence-electron chi connectivity index (χ4n) is 3.53. The molecule has 0 radical (unpaired) electrons. The number of hydrogen-bond acceptors (Lipinski definition) is 4. The minimum absolute atomic E-state index is 0.143. The van der Waals surface area contributed by atoms with Gasteiger partial charge in [0.15, 0.2) is 0 Å². The molecule has 0 aliphatic heterocycles. The average Bonchev–Trinajstić information content (AvgIpc) is 3.29. The van der Waals surface area contributed by atoms with Crippen LogP contribution < -0.4 is 0 Å². The van der Waals surface area contributed by atoms with E-state index in [1.165, 1.54) is 27.4 Å². The number of benzene rings is 1. The standard InChI is InChI=1S/C19H13F2N5O/c1-25-15(2-3-24-25)14-10-26(16-7-19(20,21)18(27)17(14)16)13-5-11(8-22)4-12(6-13)9-23/h2-6,10,18,27H,7H2,1H3. The second-order valence-electron chi connectivity index (χ2n) is 6.45. The van der Waals surface area contributed by atoms with Gasteiger partial charge in [0.25, 0.3) is 5.92 Å². The summed E-state index contributed by atoms with van der Waals surface area (Å²) in [5, 5.41) is 32.7. The third-order valence-corrected chi connectivity index (χ3v) is 4.78. The van der Waals surface area contributed by atoms with Crippen molar-refractivity contribution in [2.45, 2.75) is 18.4 Å². The second kappa shape index (κ2) is 5.76. The van der Waals surface area contributed by atoms with Gasteiger partial charge in [-0.2, -0.15) is 15.6 Å². The maximum absolute atomic E-state index is 14.3. The summed E-state index contributed by atoms with van der Waals surface area (Å²) in [7, 11) is 1.68. The molecule has 1 aliphatic rings. The zero-order valence-corrected chi connectivity index (χ0v) is 14.2. The van der Waals surface area contributed by atoms with Gasteiger partial charge in [0.1, 0.15) is 6.10 Å². The van der Waals surface area contributed by atoms with E-state index in [-0.39, 0.29) is 22.4 Å². The molecular weight excluding hydrogens is 352 g/mol. The first-order chi connectivity index (χ1) is 12.9. The minimum Gasteiger partial charge on any atom is -0.382 e. The molecule has 0 bridgehead atoms. The van der Waals surface area contributed by atoms with Gasteiger partial charge in [-0.05, 0) is 24.3 Å². The van der Waals surface area contributed by atoms with Crippen LogP contribution >= 0.6 is 0 Å². The smallest absolute Gasteiger partial charge is 0.283 e. The molecule has 6 nitrogen and oxygen atoms in total. The highest BCUT2D eigenvalue weighted by Crippen LogP contribution is 2.48. The summed E-state index contributed by atoms with van der Waals surface area (Å²) in [6.07, 6.45) is 0.605. The van der Waals surface area contributed by atoms with Crippen molar-refractivity contribution in [3.63, 3.8) is 0 Å². The molecule has 1 aliphatic carbocycles. The maximum Gasteiger partial charge on any atom is 0.283 e. The molecule has 0 saturated carbocycles. The Labute approximate surface area is 153 Å². The van der Waals surface area contributed by atoms with E-state index in [4.69, 9.17) is 0 Å². The van der Waals surface area contributed by atoms with Gasteiger partial charge < -0.3 is 9.67 Å².